The summed E-state index contributed by atoms with van der Waals surface area (Å²) >= 11 is 0. The lowest BCUT2D eigenvalue weighted by Crippen LogP contribution is -2.75. The lowest BCUT2D eigenvalue weighted by Gasteiger charge is -2.53. The molecule has 0 aromatic heterocycles. The molecule has 1 N–H and O–H groups in total. The monoisotopic (exact) mass is 296 g/mol. The zero-order valence-electron chi connectivity index (χ0n) is 13.9. The average Bonchev–Trinajstić information content (AvgIpc) is 2.45. The van der Waals surface area contributed by atoms with E-state index in [0.29, 0.717) is 6.42 Å². The lowest BCUT2D eigenvalue weighted by atomic mass is 9.82. The van der Waals surface area contributed by atoms with Crippen molar-refractivity contribution in [2.24, 2.45) is 0 Å². The summed E-state index contributed by atoms with van der Waals surface area (Å²) in [6.07, 6.45) is 4.62. The highest BCUT2D eigenvalue weighted by Gasteiger charge is 2.53. The van der Waals surface area contributed by atoms with Crippen LogP contribution in [0, 0.1) is 0 Å². The minimum Gasteiger partial charge on any atom is -0.381 e. The van der Waals surface area contributed by atoms with E-state index in [0.717, 1.165) is 25.7 Å². The molecule has 1 aliphatic heterocycles. The average molecular weight is 296 g/mol. The van der Waals surface area contributed by atoms with E-state index in [1.165, 1.54) is 0 Å². The second-order valence-electron chi connectivity index (χ2n) is 7.05. The van der Waals surface area contributed by atoms with Crippen molar-refractivity contribution in [3.63, 3.8) is 0 Å². The summed E-state index contributed by atoms with van der Waals surface area (Å²) in [4.78, 5) is 27.3. The first-order valence-corrected chi connectivity index (χ1v) is 7.95. The summed E-state index contributed by atoms with van der Waals surface area (Å²) in [5.74, 6) is -0.0256. The highest BCUT2D eigenvalue weighted by molar-refractivity contribution is 6.01. The SMILES string of the molecule is CCC1(C)NC(=O)C(C)(C)N(C2CCCC(OC)C2)C1=O. The van der Waals surface area contributed by atoms with Crippen molar-refractivity contribution in [2.45, 2.75) is 83.0 Å². The Morgan fingerprint density at radius 3 is 2.52 bits per heavy atom. The summed E-state index contributed by atoms with van der Waals surface area (Å²) in [5, 5.41) is 2.92. The first kappa shape index (κ1) is 16.3. The van der Waals surface area contributed by atoms with Crippen LogP contribution < -0.4 is 5.32 Å². The number of nitrogens with zero attached hydrogens (tertiary/aromatic N) is 1. The molecule has 0 aromatic rings. The van der Waals surface area contributed by atoms with E-state index in [-0.39, 0.29) is 24.0 Å². The topological polar surface area (TPSA) is 58.6 Å². The van der Waals surface area contributed by atoms with Crippen molar-refractivity contribution in [3.8, 4) is 0 Å². The van der Waals surface area contributed by atoms with Crippen LogP contribution in [0.2, 0.25) is 0 Å². The summed E-state index contributed by atoms with van der Waals surface area (Å²) in [7, 11) is 1.72. The van der Waals surface area contributed by atoms with Crippen LogP contribution in [0.5, 0.6) is 0 Å². The molecular formula is C16H28N2O3. The molecule has 1 aliphatic carbocycles. The van der Waals surface area contributed by atoms with Gasteiger partial charge in [0.2, 0.25) is 11.8 Å². The number of methoxy groups -OCH3 is 1. The fourth-order valence-corrected chi connectivity index (χ4v) is 3.52. The number of hydrogen-bond donors (Lipinski definition) is 1. The Hall–Kier alpha value is -1.10. The zero-order chi connectivity index (χ0) is 15.8. The van der Waals surface area contributed by atoms with E-state index in [2.05, 4.69) is 5.32 Å². The maximum Gasteiger partial charge on any atom is 0.249 e. The number of nitrogens with one attached hydrogen (secondary N) is 1. The van der Waals surface area contributed by atoms with Crippen LogP contribution in [-0.2, 0) is 14.3 Å². The van der Waals surface area contributed by atoms with Gasteiger partial charge in [0.1, 0.15) is 11.1 Å². The van der Waals surface area contributed by atoms with Gasteiger partial charge in [0, 0.05) is 13.2 Å². The maximum atomic E-state index is 13.0. The van der Waals surface area contributed by atoms with Crippen LogP contribution in [0.25, 0.3) is 0 Å². The third-order valence-electron chi connectivity index (χ3n) is 5.24. The quantitative estimate of drug-likeness (QED) is 0.864. The predicted molar refractivity (Wildman–Crippen MR) is 80.8 cm³/mol. The fourth-order valence-electron chi connectivity index (χ4n) is 3.52. The van der Waals surface area contributed by atoms with Gasteiger partial charge in [-0.05, 0) is 52.9 Å². The van der Waals surface area contributed by atoms with Crippen LogP contribution in [0.1, 0.15) is 59.8 Å². The van der Waals surface area contributed by atoms with E-state index < -0.39 is 11.1 Å². The van der Waals surface area contributed by atoms with Crippen molar-refractivity contribution < 1.29 is 14.3 Å². The molecule has 0 aromatic carbocycles. The number of carbonyl (C=O) groups excluding carboxylic acids is 2. The molecule has 5 heteroatoms. The number of hydrogen-bond acceptors (Lipinski definition) is 3. The molecule has 0 radical (unpaired) electrons. The predicted octanol–water partition coefficient (Wildman–Crippen LogP) is 1.85. The van der Waals surface area contributed by atoms with Crippen LogP contribution in [0.15, 0.2) is 0 Å². The normalized spacial score (nSPS) is 36.5. The van der Waals surface area contributed by atoms with Crippen molar-refractivity contribution >= 4 is 11.8 Å². The first-order chi connectivity index (χ1) is 9.76. The van der Waals surface area contributed by atoms with Crippen LogP contribution in [0.3, 0.4) is 0 Å². The molecule has 5 nitrogen and oxygen atoms in total. The Balaban J connectivity index is 2.32. The summed E-state index contributed by atoms with van der Waals surface area (Å²) in [6.45, 7) is 7.44. The summed E-state index contributed by atoms with van der Waals surface area (Å²) < 4.78 is 5.48. The third kappa shape index (κ3) is 2.68. The van der Waals surface area contributed by atoms with Crippen LogP contribution >= 0.6 is 0 Å². The van der Waals surface area contributed by atoms with Gasteiger partial charge in [0.25, 0.3) is 0 Å². The number of carbonyl (C=O) groups is 2. The highest BCUT2D eigenvalue weighted by atomic mass is 16.5. The zero-order valence-corrected chi connectivity index (χ0v) is 13.9. The Labute approximate surface area is 127 Å². The largest absolute Gasteiger partial charge is 0.381 e. The van der Waals surface area contributed by atoms with E-state index >= 15 is 0 Å². The molecule has 0 bridgehead atoms. The van der Waals surface area contributed by atoms with E-state index in [4.69, 9.17) is 4.74 Å². The minimum atomic E-state index is -0.800. The molecule has 2 amide bonds. The van der Waals surface area contributed by atoms with E-state index in [1.807, 2.05) is 32.6 Å². The molecule has 3 atom stereocenters. The summed E-state index contributed by atoms with van der Waals surface area (Å²) in [5.41, 5.74) is -1.58. The Morgan fingerprint density at radius 2 is 1.95 bits per heavy atom. The molecule has 3 unspecified atom stereocenters. The van der Waals surface area contributed by atoms with Crippen molar-refractivity contribution in [3.05, 3.63) is 0 Å². The van der Waals surface area contributed by atoms with Gasteiger partial charge in [-0.3, -0.25) is 9.59 Å². The molecule has 1 saturated carbocycles. The molecule has 2 fully saturated rings. The fraction of sp³-hybridized carbons (Fsp3) is 0.875. The molecule has 2 aliphatic rings. The molecule has 120 valence electrons. The van der Waals surface area contributed by atoms with Crippen molar-refractivity contribution in [1.82, 2.24) is 10.2 Å². The Bertz CT molecular complexity index is 435. The van der Waals surface area contributed by atoms with Gasteiger partial charge in [0.15, 0.2) is 0 Å². The van der Waals surface area contributed by atoms with E-state index in [1.54, 1.807) is 7.11 Å². The van der Waals surface area contributed by atoms with Gasteiger partial charge < -0.3 is 15.0 Å². The third-order valence-corrected chi connectivity index (χ3v) is 5.24. The molecule has 2 rings (SSSR count). The van der Waals surface area contributed by atoms with Crippen molar-refractivity contribution in [2.75, 3.05) is 7.11 Å². The van der Waals surface area contributed by atoms with Crippen molar-refractivity contribution in [1.29, 1.82) is 0 Å². The van der Waals surface area contributed by atoms with Gasteiger partial charge in [-0.2, -0.15) is 0 Å². The van der Waals surface area contributed by atoms with Gasteiger partial charge in [0.05, 0.1) is 6.10 Å². The molecule has 0 spiro atoms. The second-order valence-corrected chi connectivity index (χ2v) is 7.05. The van der Waals surface area contributed by atoms with Gasteiger partial charge in [-0.1, -0.05) is 6.92 Å². The Morgan fingerprint density at radius 1 is 1.29 bits per heavy atom. The van der Waals surface area contributed by atoms with E-state index in [9.17, 15) is 9.59 Å². The molecular weight excluding hydrogens is 268 g/mol. The van der Waals surface area contributed by atoms with Gasteiger partial charge >= 0.3 is 0 Å². The second kappa shape index (κ2) is 5.59. The lowest BCUT2D eigenvalue weighted by molar-refractivity contribution is -0.166. The van der Waals surface area contributed by atoms with Gasteiger partial charge in [-0.15, -0.1) is 0 Å². The number of piperazine rings is 1. The molecule has 1 saturated heterocycles. The molecule has 21 heavy (non-hydrogen) atoms. The number of rotatable bonds is 3. The van der Waals surface area contributed by atoms with Crippen LogP contribution in [0.4, 0.5) is 0 Å². The minimum absolute atomic E-state index is 0.0383. The Kier molecular flexibility index (Phi) is 4.34. The van der Waals surface area contributed by atoms with Crippen LogP contribution in [-0.4, -0.2) is 47.0 Å². The van der Waals surface area contributed by atoms with Gasteiger partial charge in [-0.25, -0.2) is 0 Å². The molecule has 1 heterocycles. The number of amides is 2. The highest BCUT2D eigenvalue weighted by Crippen LogP contribution is 2.35. The standard InChI is InChI=1S/C16H28N2O3/c1-6-16(4)14(20)18(15(2,3)13(19)17-16)11-8-7-9-12(10-11)21-5/h11-12H,6-10H2,1-5H3,(H,17,19). The maximum absolute atomic E-state index is 13.0. The summed E-state index contributed by atoms with van der Waals surface area (Å²) in [6, 6.07) is 0.0862. The first-order valence-electron chi connectivity index (χ1n) is 7.95. The smallest absolute Gasteiger partial charge is 0.249 e. The number of ether oxygens (including phenoxy) is 1.